The van der Waals surface area contributed by atoms with E-state index in [4.69, 9.17) is 5.73 Å². The Kier molecular flexibility index (Phi) is 5.06. The zero-order chi connectivity index (χ0) is 16.5. The normalized spacial score (nSPS) is 12.2. The number of unbranched alkanes of at least 4 members (excludes halogenated alkanes) is 1. The molecule has 22 heavy (non-hydrogen) atoms. The number of aryl methyl sites for hydroxylation is 1. The molecule has 2 aliphatic rings. The smallest absolute Gasteiger partial charge is 0.382 e. The number of aromatic nitrogens is 2. The van der Waals surface area contributed by atoms with Crippen LogP contribution >= 0.6 is 23.1 Å². The van der Waals surface area contributed by atoms with Crippen LogP contribution in [0.4, 0.5) is 19.0 Å². The van der Waals surface area contributed by atoms with Gasteiger partial charge in [-0.05, 0) is 32.4 Å². The Morgan fingerprint density at radius 3 is 2.64 bits per heavy atom. The molecule has 4 nitrogen and oxygen atoms in total. The Morgan fingerprint density at radius 1 is 1.32 bits per heavy atom. The van der Waals surface area contributed by atoms with Crippen LogP contribution in [0.1, 0.15) is 29.8 Å². The van der Waals surface area contributed by atoms with Gasteiger partial charge in [0.15, 0.2) is 5.82 Å². The Bertz CT molecular complexity index is 693. The van der Waals surface area contributed by atoms with E-state index in [1.165, 1.54) is 27.7 Å². The summed E-state index contributed by atoms with van der Waals surface area (Å²) >= 11 is 2.91. The molecular formula is C13H16F3N3OS2. The Balaban J connectivity index is 2.11. The van der Waals surface area contributed by atoms with Crippen LogP contribution in [0, 0.1) is 13.8 Å². The van der Waals surface area contributed by atoms with Crippen molar-refractivity contribution in [3.8, 4) is 5.69 Å². The molecular weight excluding hydrogens is 335 g/mol. The molecule has 0 atom stereocenters. The quantitative estimate of drug-likeness (QED) is 0.658. The van der Waals surface area contributed by atoms with Crippen molar-refractivity contribution in [3.63, 3.8) is 0 Å². The molecule has 9 heteroatoms. The van der Waals surface area contributed by atoms with Crippen molar-refractivity contribution in [2.24, 2.45) is 0 Å². The maximum absolute atomic E-state index is 12.1. The van der Waals surface area contributed by atoms with Crippen LogP contribution in [-0.2, 0) is 0 Å². The Morgan fingerprint density at radius 2 is 2.00 bits per heavy atom. The Hall–Kier alpha value is -1.22. The number of thioether (sulfide) groups is 1. The zero-order valence-corrected chi connectivity index (χ0v) is 13.8. The van der Waals surface area contributed by atoms with Gasteiger partial charge >= 0.3 is 11.9 Å². The van der Waals surface area contributed by atoms with Crippen molar-refractivity contribution >= 4 is 28.9 Å². The number of alkyl halides is 3. The lowest BCUT2D eigenvalue weighted by molar-refractivity contribution is -0.135. The van der Waals surface area contributed by atoms with Gasteiger partial charge in [0.2, 0.25) is 0 Å². The second-order valence-electron chi connectivity index (χ2n) is 4.92. The van der Waals surface area contributed by atoms with Crippen molar-refractivity contribution in [1.29, 1.82) is 0 Å². The standard InChI is InChI=1S/C13H16F3N3OS2/c1-7-8(2)22-11(9-10(17)18-12(20)19(7)9)21-6-4-3-5-13(14,15)16/h3-6H2,1-2H3,(H2,17,18,20). The number of hydrogen-bond acceptors (Lipinski definition) is 5. The van der Waals surface area contributed by atoms with Crippen molar-refractivity contribution < 1.29 is 13.2 Å². The highest BCUT2D eigenvalue weighted by Gasteiger charge is 2.26. The third kappa shape index (κ3) is 3.75. The molecule has 0 unspecified atom stereocenters. The minimum Gasteiger partial charge on any atom is -0.382 e. The number of rotatable bonds is 5. The van der Waals surface area contributed by atoms with Gasteiger partial charge < -0.3 is 5.73 Å². The molecule has 0 aromatic heterocycles. The van der Waals surface area contributed by atoms with Crippen molar-refractivity contribution in [1.82, 2.24) is 9.55 Å². The van der Waals surface area contributed by atoms with E-state index in [2.05, 4.69) is 4.98 Å². The molecule has 0 saturated heterocycles. The summed E-state index contributed by atoms with van der Waals surface area (Å²) in [6, 6.07) is 0. The molecule has 0 bridgehead atoms. The summed E-state index contributed by atoms with van der Waals surface area (Å²) in [5.74, 6) is 0.714. The van der Waals surface area contributed by atoms with Gasteiger partial charge in [-0.3, -0.25) is 4.57 Å². The molecule has 0 fully saturated rings. The summed E-state index contributed by atoms with van der Waals surface area (Å²) < 4.78 is 38.6. The van der Waals surface area contributed by atoms with Gasteiger partial charge in [0.25, 0.3) is 0 Å². The van der Waals surface area contributed by atoms with Crippen molar-refractivity contribution in [3.05, 3.63) is 21.1 Å². The molecule has 0 aromatic rings. The van der Waals surface area contributed by atoms with Crippen LogP contribution < -0.4 is 11.4 Å². The van der Waals surface area contributed by atoms with Crippen LogP contribution in [0.25, 0.3) is 5.69 Å². The average molecular weight is 351 g/mol. The largest absolute Gasteiger partial charge is 0.389 e. The monoisotopic (exact) mass is 351 g/mol. The van der Waals surface area contributed by atoms with E-state index in [-0.39, 0.29) is 12.2 Å². The number of nitrogen functional groups attached to an aromatic ring is 1. The highest BCUT2D eigenvalue weighted by atomic mass is 32.2. The van der Waals surface area contributed by atoms with E-state index in [0.717, 1.165) is 14.8 Å². The molecule has 0 aromatic carbocycles. The van der Waals surface area contributed by atoms with Crippen LogP contribution in [0.5, 0.6) is 0 Å². The second-order valence-corrected chi connectivity index (χ2v) is 7.50. The summed E-state index contributed by atoms with van der Waals surface area (Å²) in [6.45, 7) is 3.71. The predicted octanol–water partition coefficient (Wildman–Crippen LogP) is 3.76. The Labute approximate surface area is 133 Å². The number of fused-ring (bicyclic) bond motifs is 1. The van der Waals surface area contributed by atoms with Gasteiger partial charge in [-0.15, -0.1) is 23.1 Å². The van der Waals surface area contributed by atoms with Crippen LogP contribution in [0.2, 0.25) is 0 Å². The lowest BCUT2D eigenvalue weighted by atomic mass is 10.2. The topological polar surface area (TPSA) is 60.9 Å². The lowest BCUT2D eigenvalue weighted by Crippen LogP contribution is -2.17. The van der Waals surface area contributed by atoms with Gasteiger partial charge in [0.05, 0.1) is 4.21 Å². The maximum Gasteiger partial charge on any atom is 0.389 e. The van der Waals surface area contributed by atoms with E-state index in [1.54, 1.807) is 0 Å². The van der Waals surface area contributed by atoms with Crippen molar-refractivity contribution in [2.45, 2.75) is 43.5 Å². The SMILES string of the molecule is Cc1sc(SCCCCC(F)(F)F)c2c(N)nc(=O)n-2c1C. The molecule has 0 aliphatic carbocycles. The first-order valence-electron chi connectivity index (χ1n) is 6.68. The number of imidazole rings is 1. The third-order valence-electron chi connectivity index (χ3n) is 3.25. The van der Waals surface area contributed by atoms with Gasteiger partial charge in [-0.1, -0.05) is 0 Å². The number of nitrogens with two attached hydrogens (primary N) is 1. The molecule has 122 valence electrons. The molecule has 2 rings (SSSR count). The van der Waals surface area contributed by atoms with E-state index >= 15 is 0 Å². The highest BCUT2D eigenvalue weighted by molar-refractivity contribution is 8.01. The predicted molar refractivity (Wildman–Crippen MR) is 83.4 cm³/mol. The molecule has 2 N–H and O–H groups in total. The first kappa shape index (κ1) is 17.1. The second kappa shape index (κ2) is 6.49. The highest BCUT2D eigenvalue weighted by Crippen LogP contribution is 2.37. The molecule has 2 aliphatic heterocycles. The molecule has 0 spiro atoms. The van der Waals surface area contributed by atoms with Gasteiger partial charge in [-0.25, -0.2) is 4.79 Å². The van der Waals surface area contributed by atoms with Crippen LogP contribution in [-0.4, -0.2) is 21.5 Å². The fourth-order valence-corrected chi connectivity index (χ4v) is 4.57. The maximum atomic E-state index is 12.1. The van der Waals surface area contributed by atoms with E-state index in [0.29, 0.717) is 17.9 Å². The molecule has 0 amide bonds. The van der Waals surface area contributed by atoms with Gasteiger partial charge in [0, 0.05) is 17.0 Å². The summed E-state index contributed by atoms with van der Waals surface area (Å²) in [5, 5.41) is 0. The summed E-state index contributed by atoms with van der Waals surface area (Å²) in [6.07, 6.45) is -4.31. The zero-order valence-electron chi connectivity index (χ0n) is 12.2. The molecule has 0 saturated carbocycles. The average Bonchev–Trinajstić information content (AvgIpc) is 2.69. The molecule has 2 heterocycles. The number of hydrogen-bond donors (Lipinski definition) is 1. The fourth-order valence-electron chi connectivity index (χ4n) is 2.03. The minimum absolute atomic E-state index is 0.101. The van der Waals surface area contributed by atoms with E-state index < -0.39 is 18.3 Å². The minimum atomic E-state index is -4.10. The summed E-state index contributed by atoms with van der Waals surface area (Å²) in [7, 11) is 0. The van der Waals surface area contributed by atoms with E-state index in [9.17, 15) is 18.0 Å². The first-order valence-corrected chi connectivity index (χ1v) is 8.48. The van der Waals surface area contributed by atoms with E-state index in [1.807, 2.05) is 13.8 Å². The fraction of sp³-hybridized carbons (Fsp3) is 0.538. The number of nitrogens with zero attached hydrogens (tertiary/aromatic N) is 2. The van der Waals surface area contributed by atoms with Crippen LogP contribution in [0.3, 0.4) is 0 Å². The van der Waals surface area contributed by atoms with Crippen molar-refractivity contribution in [2.75, 3.05) is 11.5 Å². The van der Waals surface area contributed by atoms with Crippen LogP contribution in [0.15, 0.2) is 9.00 Å². The number of anilines is 1. The number of halogens is 3. The van der Waals surface area contributed by atoms with Gasteiger partial charge in [-0.2, -0.15) is 18.2 Å². The first-order chi connectivity index (χ1) is 10.2. The summed E-state index contributed by atoms with van der Waals surface area (Å²) in [4.78, 5) is 16.6. The lowest BCUT2D eigenvalue weighted by Gasteiger charge is -2.14. The molecule has 0 radical (unpaired) electrons. The van der Waals surface area contributed by atoms with Gasteiger partial charge in [0.1, 0.15) is 5.69 Å². The third-order valence-corrected chi connectivity index (χ3v) is 5.78. The summed E-state index contributed by atoms with van der Waals surface area (Å²) in [5.41, 5.74) is 6.74.